The van der Waals surface area contributed by atoms with Gasteiger partial charge in [0.1, 0.15) is 6.54 Å². The zero-order valence-corrected chi connectivity index (χ0v) is 15.9. The van der Waals surface area contributed by atoms with E-state index in [0.717, 1.165) is 5.56 Å². The second-order valence-electron chi connectivity index (χ2n) is 6.20. The first-order valence-corrected chi connectivity index (χ1v) is 9.05. The van der Waals surface area contributed by atoms with Crippen molar-refractivity contribution in [2.24, 2.45) is 0 Å². The molecule has 0 fully saturated rings. The van der Waals surface area contributed by atoms with Crippen LogP contribution in [0.5, 0.6) is 0 Å². The van der Waals surface area contributed by atoms with Crippen molar-refractivity contribution in [3.8, 4) is 5.82 Å². The van der Waals surface area contributed by atoms with Crippen molar-refractivity contribution < 1.29 is 14.3 Å². The van der Waals surface area contributed by atoms with Crippen molar-refractivity contribution in [3.63, 3.8) is 0 Å². The molecular formula is C21H22N4O3. The van der Waals surface area contributed by atoms with E-state index in [4.69, 9.17) is 4.74 Å². The van der Waals surface area contributed by atoms with Crippen molar-refractivity contribution >= 4 is 11.9 Å². The van der Waals surface area contributed by atoms with Crippen LogP contribution in [0.2, 0.25) is 0 Å². The number of aromatic nitrogens is 3. The van der Waals surface area contributed by atoms with Gasteiger partial charge in [-0.3, -0.25) is 9.59 Å². The van der Waals surface area contributed by atoms with E-state index in [9.17, 15) is 9.59 Å². The first kappa shape index (κ1) is 19.3. The standard InChI is InChI=1S/C21H22N4O3/c1-3-28-20(26)15-24(14-17-9-5-4-6-10-17)21(27)18-13-23-25(16(18)2)19-11-7-8-12-22-19/h4-13H,3,14-15H2,1-2H3. The Kier molecular flexibility index (Phi) is 6.16. The number of pyridine rings is 1. The van der Waals surface area contributed by atoms with Crippen LogP contribution in [0.4, 0.5) is 0 Å². The Bertz CT molecular complexity index is 939. The van der Waals surface area contributed by atoms with E-state index in [1.807, 2.05) is 48.5 Å². The van der Waals surface area contributed by atoms with Gasteiger partial charge in [0.25, 0.3) is 5.91 Å². The molecule has 3 aromatic rings. The van der Waals surface area contributed by atoms with Crippen LogP contribution in [0.25, 0.3) is 5.82 Å². The van der Waals surface area contributed by atoms with Crippen molar-refractivity contribution in [2.75, 3.05) is 13.2 Å². The predicted octanol–water partition coefficient (Wildman–Crippen LogP) is 2.78. The fourth-order valence-corrected chi connectivity index (χ4v) is 2.87. The Morgan fingerprint density at radius 1 is 1.11 bits per heavy atom. The lowest BCUT2D eigenvalue weighted by Gasteiger charge is -2.21. The third-order valence-electron chi connectivity index (χ3n) is 4.24. The molecule has 0 saturated carbocycles. The van der Waals surface area contributed by atoms with Crippen LogP contribution >= 0.6 is 0 Å². The zero-order chi connectivity index (χ0) is 19.9. The lowest BCUT2D eigenvalue weighted by atomic mass is 10.1. The summed E-state index contributed by atoms with van der Waals surface area (Å²) >= 11 is 0. The number of carbonyl (C=O) groups is 2. The van der Waals surface area contributed by atoms with Crippen LogP contribution in [0, 0.1) is 6.92 Å². The van der Waals surface area contributed by atoms with Crippen LogP contribution in [0.1, 0.15) is 28.5 Å². The number of nitrogens with zero attached hydrogens (tertiary/aromatic N) is 4. The number of hydrogen-bond donors (Lipinski definition) is 0. The Morgan fingerprint density at radius 2 is 1.86 bits per heavy atom. The molecular weight excluding hydrogens is 356 g/mol. The first-order chi connectivity index (χ1) is 13.6. The monoisotopic (exact) mass is 378 g/mol. The fourth-order valence-electron chi connectivity index (χ4n) is 2.87. The van der Waals surface area contributed by atoms with E-state index in [1.54, 1.807) is 24.7 Å². The van der Waals surface area contributed by atoms with E-state index >= 15 is 0 Å². The molecule has 28 heavy (non-hydrogen) atoms. The van der Waals surface area contributed by atoms with Crippen LogP contribution in [-0.4, -0.2) is 44.7 Å². The summed E-state index contributed by atoms with van der Waals surface area (Å²) in [6, 6.07) is 15.0. The van der Waals surface area contributed by atoms with Gasteiger partial charge in [0.05, 0.1) is 24.1 Å². The average molecular weight is 378 g/mol. The largest absolute Gasteiger partial charge is 0.465 e. The topological polar surface area (TPSA) is 77.3 Å². The molecule has 0 spiro atoms. The van der Waals surface area contributed by atoms with E-state index < -0.39 is 5.97 Å². The molecule has 0 aliphatic heterocycles. The maximum Gasteiger partial charge on any atom is 0.325 e. The Hall–Kier alpha value is -3.48. The average Bonchev–Trinajstić information content (AvgIpc) is 3.10. The van der Waals surface area contributed by atoms with Gasteiger partial charge in [0.15, 0.2) is 5.82 Å². The number of benzene rings is 1. The number of ether oxygens (including phenoxy) is 1. The van der Waals surface area contributed by atoms with Crippen LogP contribution in [0.3, 0.4) is 0 Å². The SMILES string of the molecule is CCOC(=O)CN(Cc1ccccc1)C(=O)c1cnn(-c2ccccn2)c1C. The van der Waals surface area contributed by atoms with Crippen molar-refractivity contribution in [1.82, 2.24) is 19.7 Å². The minimum atomic E-state index is -0.443. The number of carbonyl (C=O) groups excluding carboxylic acids is 2. The van der Waals surface area contributed by atoms with Gasteiger partial charge >= 0.3 is 5.97 Å². The molecule has 0 aliphatic carbocycles. The third kappa shape index (κ3) is 4.43. The molecule has 0 bridgehead atoms. The summed E-state index contributed by atoms with van der Waals surface area (Å²) in [7, 11) is 0. The van der Waals surface area contributed by atoms with Crippen molar-refractivity contribution in [2.45, 2.75) is 20.4 Å². The summed E-state index contributed by atoms with van der Waals surface area (Å²) in [4.78, 5) is 31.0. The fraction of sp³-hybridized carbons (Fsp3) is 0.238. The lowest BCUT2D eigenvalue weighted by molar-refractivity contribution is -0.143. The smallest absolute Gasteiger partial charge is 0.325 e. The number of amides is 1. The molecule has 1 aromatic carbocycles. The second kappa shape index (κ2) is 8.94. The van der Waals surface area contributed by atoms with Gasteiger partial charge in [-0.1, -0.05) is 36.4 Å². The number of esters is 1. The first-order valence-electron chi connectivity index (χ1n) is 9.05. The molecule has 0 aliphatic rings. The van der Waals surface area contributed by atoms with Crippen molar-refractivity contribution in [1.29, 1.82) is 0 Å². The van der Waals surface area contributed by atoms with Crippen LogP contribution in [0.15, 0.2) is 60.9 Å². The summed E-state index contributed by atoms with van der Waals surface area (Å²) < 4.78 is 6.65. The van der Waals surface area contributed by atoms with E-state index in [1.165, 1.54) is 11.1 Å². The molecule has 2 heterocycles. The van der Waals surface area contributed by atoms with Crippen LogP contribution in [-0.2, 0) is 16.1 Å². The summed E-state index contributed by atoms with van der Waals surface area (Å²) in [5.74, 6) is -0.0998. The Balaban J connectivity index is 1.88. The maximum absolute atomic E-state index is 13.2. The van der Waals surface area contributed by atoms with E-state index in [2.05, 4.69) is 10.1 Å². The van der Waals surface area contributed by atoms with E-state index in [-0.39, 0.29) is 19.1 Å². The molecule has 0 N–H and O–H groups in total. The quantitative estimate of drug-likeness (QED) is 0.591. The molecule has 7 nitrogen and oxygen atoms in total. The molecule has 0 saturated heterocycles. The van der Waals surface area contributed by atoms with Gasteiger partial charge in [-0.15, -0.1) is 0 Å². The van der Waals surface area contributed by atoms with Crippen molar-refractivity contribution in [3.05, 3.63) is 77.7 Å². The van der Waals surface area contributed by atoms with Gasteiger partial charge in [-0.05, 0) is 31.5 Å². The molecule has 0 radical (unpaired) electrons. The second-order valence-corrected chi connectivity index (χ2v) is 6.20. The van der Waals surface area contributed by atoms with E-state index in [0.29, 0.717) is 23.6 Å². The highest BCUT2D eigenvalue weighted by Gasteiger charge is 2.24. The molecule has 1 amide bonds. The minimum Gasteiger partial charge on any atom is -0.465 e. The lowest BCUT2D eigenvalue weighted by Crippen LogP contribution is -2.36. The summed E-state index contributed by atoms with van der Waals surface area (Å²) in [5.41, 5.74) is 2.01. The highest BCUT2D eigenvalue weighted by atomic mass is 16.5. The molecule has 3 rings (SSSR count). The summed E-state index contributed by atoms with van der Waals surface area (Å²) in [6.45, 7) is 3.98. The highest BCUT2D eigenvalue weighted by Crippen LogP contribution is 2.16. The third-order valence-corrected chi connectivity index (χ3v) is 4.24. The zero-order valence-electron chi connectivity index (χ0n) is 15.9. The van der Waals surface area contributed by atoms with Gasteiger partial charge in [-0.25, -0.2) is 9.67 Å². The number of hydrogen-bond acceptors (Lipinski definition) is 5. The highest BCUT2D eigenvalue weighted by molar-refractivity contribution is 5.96. The van der Waals surface area contributed by atoms with Gasteiger partial charge in [0, 0.05) is 12.7 Å². The summed E-state index contributed by atoms with van der Waals surface area (Å²) in [5, 5.41) is 4.30. The molecule has 0 unspecified atom stereocenters. The minimum absolute atomic E-state index is 0.129. The Morgan fingerprint density at radius 3 is 2.54 bits per heavy atom. The number of rotatable bonds is 7. The molecule has 144 valence electrons. The molecule has 0 atom stereocenters. The maximum atomic E-state index is 13.2. The molecule has 2 aromatic heterocycles. The van der Waals surface area contributed by atoms with Gasteiger partial charge in [0.2, 0.25) is 0 Å². The normalized spacial score (nSPS) is 10.5. The molecule has 7 heteroatoms. The summed E-state index contributed by atoms with van der Waals surface area (Å²) in [6.07, 6.45) is 3.18. The predicted molar refractivity (Wildman–Crippen MR) is 104 cm³/mol. The van der Waals surface area contributed by atoms with Gasteiger partial charge < -0.3 is 9.64 Å². The van der Waals surface area contributed by atoms with Crippen LogP contribution < -0.4 is 0 Å². The van der Waals surface area contributed by atoms with Gasteiger partial charge in [-0.2, -0.15) is 5.10 Å². The Labute approximate surface area is 163 Å².